The highest BCUT2D eigenvalue weighted by molar-refractivity contribution is 5.59. The standard InChI is InChI=1S/C12H22N4O3/c1-4-8-15-12(13-7-6-9-19-5-2)11(16(17)18)10(3)14-15/h13H,4-9H2,1-3H3. The van der Waals surface area contributed by atoms with Crippen LogP contribution in [-0.2, 0) is 11.3 Å². The molecule has 0 aliphatic carbocycles. The van der Waals surface area contributed by atoms with Crippen molar-refractivity contribution in [3.05, 3.63) is 15.8 Å². The second kappa shape index (κ2) is 7.73. The molecule has 0 atom stereocenters. The van der Waals surface area contributed by atoms with E-state index in [-0.39, 0.29) is 10.6 Å². The van der Waals surface area contributed by atoms with Crippen LogP contribution in [0.5, 0.6) is 0 Å². The molecule has 0 unspecified atom stereocenters. The molecule has 0 amide bonds. The van der Waals surface area contributed by atoms with Gasteiger partial charge in [0.15, 0.2) is 0 Å². The SMILES string of the molecule is CCCn1nc(C)c([N+](=O)[O-])c1NCCCOCC. The molecule has 0 radical (unpaired) electrons. The molecule has 0 aromatic carbocycles. The third kappa shape index (κ3) is 4.20. The van der Waals surface area contributed by atoms with Gasteiger partial charge in [0.2, 0.25) is 5.82 Å². The maximum absolute atomic E-state index is 11.1. The molecule has 1 heterocycles. The van der Waals surface area contributed by atoms with Crippen LogP contribution in [0.15, 0.2) is 0 Å². The van der Waals surface area contributed by atoms with Gasteiger partial charge in [0.05, 0.1) is 4.92 Å². The molecule has 1 rings (SSSR count). The molecular formula is C12H22N4O3. The molecule has 0 aliphatic rings. The van der Waals surface area contributed by atoms with E-state index in [4.69, 9.17) is 4.74 Å². The number of aromatic nitrogens is 2. The van der Waals surface area contributed by atoms with Crippen LogP contribution in [0.4, 0.5) is 11.5 Å². The first-order valence-corrected chi connectivity index (χ1v) is 6.65. The Labute approximate surface area is 113 Å². The summed E-state index contributed by atoms with van der Waals surface area (Å²) in [6, 6.07) is 0. The summed E-state index contributed by atoms with van der Waals surface area (Å²) in [6.07, 6.45) is 1.69. The van der Waals surface area contributed by atoms with Gasteiger partial charge in [-0.2, -0.15) is 5.10 Å². The zero-order chi connectivity index (χ0) is 14.3. The Morgan fingerprint density at radius 3 is 2.79 bits per heavy atom. The molecule has 108 valence electrons. The Hall–Kier alpha value is -1.63. The summed E-state index contributed by atoms with van der Waals surface area (Å²) in [4.78, 5) is 10.7. The van der Waals surface area contributed by atoms with Crippen molar-refractivity contribution in [3.8, 4) is 0 Å². The molecule has 0 saturated carbocycles. The highest BCUT2D eigenvalue weighted by Crippen LogP contribution is 2.28. The first-order valence-electron chi connectivity index (χ1n) is 6.65. The monoisotopic (exact) mass is 270 g/mol. The maximum Gasteiger partial charge on any atom is 0.333 e. The Bertz CT molecular complexity index is 417. The van der Waals surface area contributed by atoms with Crippen LogP contribution in [0.2, 0.25) is 0 Å². The number of hydrogen-bond donors (Lipinski definition) is 1. The summed E-state index contributed by atoms with van der Waals surface area (Å²) in [5.74, 6) is 0.501. The summed E-state index contributed by atoms with van der Waals surface area (Å²) >= 11 is 0. The zero-order valence-corrected chi connectivity index (χ0v) is 11.8. The summed E-state index contributed by atoms with van der Waals surface area (Å²) in [5.41, 5.74) is 0.524. The third-order valence-corrected chi connectivity index (χ3v) is 2.68. The first kappa shape index (κ1) is 15.4. The molecule has 0 spiro atoms. The molecular weight excluding hydrogens is 248 g/mol. The lowest BCUT2D eigenvalue weighted by Crippen LogP contribution is -2.12. The van der Waals surface area contributed by atoms with Gasteiger partial charge in [0.1, 0.15) is 5.69 Å². The second-order valence-electron chi connectivity index (χ2n) is 4.24. The Morgan fingerprint density at radius 1 is 1.47 bits per heavy atom. The van der Waals surface area contributed by atoms with Gasteiger partial charge >= 0.3 is 5.69 Å². The number of aryl methyl sites for hydroxylation is 2. The van der Waals surface area contributed by atoms with Crippen LogP contribution in [0.1, 0.15) is 32.4 Å². The molecule has 0 saturated heterocycles. The average Bonchev–Trinajstić information content (AvgIpc) is 2.66. The predicted octanol–water partition coefficient (Wildman–Crippen LogP) is 2.35. The van der Waals surface area contributed by atoms with Gasteiger partial charge in [-0.1, -0.05) is 6.92 Å². The molecule has 7 heteroatoms. The highest BCUT2D eigenvalue weighted by Gasteiger charge is 2.24. The molecule has 0 aliphatic heterocycles. The van der Waals surface area contributed by atoms with Crippen LogP contribution in [-0.4, -0.2) is 34.5 Å². The van der Waals surface area contributed by atoms with Gasteiger partial charge in [-0.3, -0.25) is 10.1 Å². The fourth-order valence-corrected chi connectivity index (χ4v) is 1.86. The topological polar surface area (TPSA) is 82.2 Å². The van der Waals surface area contributed by atoms with Crippen LogP contribution < -0.4 is 5.32 Å². The zero-order valence-electron chi connectivity index (χ0n) is 11.8. The molecule has 1 aromatic rings. The van der Waals surface area contributed by atoms with Gasteiger partial charge in [-0.15, -0.1) is 0 Å². The molecule has 1 aromatic heterocycles. The minimum atomic E-state index is -0.376. The van der Waals surface area contributed by atoms with E-state index in [1.165, 1.54) is 0 Å². The normalized spacial score (nSPS) is 10.7. The molecule has 0 fully saturated rings. The predicted molar refractivity (Wildman–Crippen MR) is 73.5 cm³/mol. The van der Waals surface area contributed by atoms with Crippen LogP contribution in [0.25, 0.3) is 0 Å². The first-order chi connectivity index (χ1) is 9.11. The van der Waals surface area contributed by atoms with Crippen molar-refractivity contribution in [2.24, 2.45) is 0 Å². The average molecular weight is 270 g/mol. The van der Waals surface area contributed by atoms with Gasteiger partial charge in [-0.25, -0.2) is 4.68 Å². The lowest BCUT2D eigenvalue weighted by Gasteiger charge is -2.08. The minimum absolute atomic E-state index is 0.0739. The van der Waals surface area contributed by atoms with Gasteiger partial charge in [0.25, 0.3) is 0 Å². The number of ether oxygens (including phenoxy) is 1. The van der Waals surface area contributed by atoms with Gasteiger partial charge in [0, 0.05) is 26.3 Å². The minimum Gasteiger partial charge on any atom is -0.382 e. The van der Waals surface area contributed by atoms with Crippen molar-refractivity contribution in [2.45, 2.75) is 40.2 Å². The fourth-order valence-electron chi connectivity index (χ4n) is 1.86. The number of rotatable bonds is 9. The smallest absolute Gasteiger partial charge is 0.333 e. The van der Waals surface area contributed by atoms with E-state index in [1.807, 2.05) is 13.8 Å². The van der Waals surface area contributed by atoms with E-state index in [1.54, 1.807) is 11.6 Å². The van der Waals surface area contributed by atoms with E-state index < -0.39 is 0 Å². The molecule has 7 nitrogen and oxygen atoms in total. The third-order valence-electron chi connectivity index (χ3n) is 2.68. The molecule has 0 bridgehead atoms. The van der Waals surface area contributed by atoms with Crippen LogP contribution >= 0.6 is 0 Å². The largest absolute Gasteiger partial charge is 0.382 e. The van der Waals surface area contributed by atoms with Crippen molar-refractivity contribution < 1.29 is 9.66 Å². The van der Waals surface area contributed by atoms with Crippen molar-refractivity contribution >= 4 is 11.5 Å². The molecule has 1 N–H and O–H groups in total. The van der Waals surface area contributed by atoms with Gasteiger partial charge in [-0.05, 0) is 26.7 Å². The lowest BCUT2D eigenvalue weighted by molar-refractivity contribution is -0.384. The summed E-state index contributed by atoms with van der Waals surface area (Å²) in [5, 5.41) is 18.4. The number of nitro groups is 1. The quantitative estimate of drug-likeness (QED) is 0.423. The van der Waals surface area contributed by atoms with Gasteiger partial charge < -0.3 is 10.1 Å². The van der Waals surface area contributed by atoms with Crippen molar-refractivity contribution in [1.82, 2.24) is 9.78 Å². The lowest BCUT2D eigenvalue weighted by atomic mass is 10.3. The molecule has 19 heavy (non-hydrogen) atoms. The highest BCUT2D eigenvalue weighted by atomic mass is 16.6. The number of hydrogen-bond acceptors (Lipinski definition) is 5. The summed E-state index contributed by atoms with van der Waals surface area (Å²) in [7, 11) is 0. The van der Waals surface area contributed by atoms with Crippen molar-refractivity contribution in [1.29, 1.82) is 0 Å². The number of nitrogens with zero attached hydrogens (tertiary/aromatic N) is 3. The van der Waals surface area contributed by atoms with E-state index in [2.05, 4.69) is 10.4 Å². The van der Waals surface area contributed by atoms with E-state index in [9.17, 15) is 10.1 Å². The second-order valence-corrected chi connectivity index (χ2v) is 4.24. The summed E-state index contributed by atoms with van der Waals surface area (Å²) in [6.45, 7) is 8.26. The van der Waals surface area contributed by atoms with Crippen LogP contribution in [0, 0.1) is 17.0 Å². The summed E-state index contributed by atoms with van der Waals surface area (Å²) < 4.78 is 6.91. The Balaban J connectivity index is 2.74. The van der Waals surface area contributed by atoms with Crippen molar-refractivity contribution in [2.75, 3.05) is 25.1 Å². The van der Waals surface area contributed by atoms with E-state index in [0.717, 1.165) is 12.8 Å². The van der Waals surface area contributed by atoms with E-state index in [0.29, 0.717) is 37.8 Å². The number of nitrogens with one attached hydrogen (secondary N) is 1. The fraction of sp³-hybridized carbons (Fsp3) is 0.750. The number of anilines is 1. The Kier molecular flexibility index (Phi) is 6.27. The van der Waals surface area contributed by atoms with Crippen LogP contribution in [0.3, 0.4) is 0 Å². The van der Waals surface area contributed by atoms with Crippen molar-refractivity contribution in [3.63, 3.8) is 0 Å². The maximum atomic E-state index is 11.1. The van der Waals surface area contributed by atoms with E-state index >= 15 is 0 Å². The Morgan fingerprint density at radius 2 is 2.21 bits per heavy atom.